The highest BCUT2D eigenvalue weighted by Crippen LogP contribution is 2.25. The Morgan fingerprint density at radius 1 is 1.24 bits per heavy atom. The van der Waals surface area contributed by atoms with E-state index in [0.29, 0.717) is 18.3 Å². The van der Waals surface area contributed by atoms with Crippen molar-refractivity contribution < 1.29 is 8.42 Å². The standard InChI is InChI=1S/C12H24ClNO2S/c1-12(2,9-13)10-14-17(15,16)8-11-6-4-3-5-7-11/h11,14H,3-10H2,1-2H3. The van der Waals surface area contributed by atoms with Crippen LogP contribution < -0.4 is 4.72 Å². The molecule has 1 aliphatic rings. The van der Waals surface area contributed by atoms with Gasteiger partial charge in [-0.05, 0) is 24.2 Å². The Balaban J connectivity index is 2.40. The van der Waals surface area contributed by atoms with Crippen LogP contribution in [0.2, 0.25) is 0 Å². The maximum absolute atomic E-state index is 11.9. The predicted octanol–water partition coefficient (Wildman–Crippen LogP) is 2.75. The van der Waals surface area contributed by atoms with Crippen LogP contribution in [0.5, 0.6) is 0 Å². The van der Waals surface area contributed by atoms with Gasteiger partial charge in [0.25, 0.3) is 0 Å². The topological polar surface area (TPSA) is 46.2 Å². The molecular weight excluding hydrogens is 258 g/mol. The minimum Gasteiger partial charge on any atom is -0.215 e. The first-order valence-corrected chi connectivity index (χ1v) is 8.57. The molecule has 0 aromatic rings. The summed E-state index contributed by atoms with van der Waals surface area (Å²) >= 11 is 5.78. The van der Waals surface area contributed by atoms with Gasteiger partial charge in [-0.15, -0.1) is 11.6 Å². The van der Waals surface area contributed by atoms with E-state index in [4.69, 9.17) is 11.6 Å². The SMILES string of the molecule is CC(C)(CCl)CNS(=O)(=O)CC1CCCCC1. The van der Waals surface area contributed by atoms with Crippen molar-refractivity contribution >= 4 is 21.6 Å². The molecular formula is C12H24ClNO2S. The summed E-state index contributed by atoms with van der Waals surface area (Å²) in [5.41, 5.74) is -0.179. The molecule has 0 radical (unpaired) electrons. The van der Waals surface area contributed by atoms with Crippen molar-refractivity contribution in [3.05, 3.63) is 0 Å². The first-order chi connectivity index (χ1) is 7.85. The molecule has 0 unspecified atom stereocenters. The zero-order valence-electron chi connectivity index (χ0n) is 10.8. The summed E-state index contributed by atoms with van der Waals surface area (Å²) in [5, 5.41) is 0. The van der Waals surface area contributed by atoms with Crippen LogP contribution in [-0.2, 0) is 10.0 Å². The molecule has 0 amide bonds. The van der Waals surface area contributed by atoms with Crippen LogP contribution in [0.15, 0.2) is 0 Å². The number of nitrogens with one attached hydrogen (secondary N) is 1. The van der Waals surface area contributed by atoms with Gasteiger partial charge in [-0.1, -0.05) is 33.1 Å². The normalized spacial score (nSPS) is 19.5. The molecule has 0 aromatic heterocycles. The number of alkyl halides is 1. The molecule has 0 aromatic carbocycles. The van der Waals surface area contributed by atoms with Gasteiger partial charge in [-0.2, -0.15) is 0 Å². The number of hydrogen-bond acceptors (Lipinski definition) is 2. The van der Waals surface area contributed by atoms with Gasteiger partial charge in [0.05, 0.1) is 5.75 Å². The van der Waals surface area contributed by atoms with Crippen LogP contribution in [-0.4, -0.2) is 26.6 Å². The van der Waals surface area contributed by atoms with Gasteiger partial charge < -0.3 is 0 Å². The molecule has 17 heavy (non-hydrogen) atoms. The molecule has 5 heteroatoms. The molecule has 0 heterocycles. The predicted molar refractivity (Wildman–Crippen MR) is 72.9 cm³/mol. The van der Waals surface area contributed by atoms with Crippen LogP contribution >= 0.6 is 11.6 Å². The smallest absolute Gasteiger partial charge is 0.211 e. The zero-order valence-corrected chi connectivity index (χ0v) is 12.4. The lowest BCUT2D eigenvalue weighted by atomic mass is 9.91. The van der Waals surface area contributed by atoms with Gasteiger partial charge in [0.1, 0.15) is 0 Å². The van der Waals surface area contributed by atoms with Crippen molar-refractivity contribution in [2.24, 2.45) is 11.3 Å². The van der Waals surface area contributed by atoms with E-state index in [2.05, 4.69) is 4.72 Å². The number of hydrogen-bond donors (Lipinski definition) is 1. The second-order valence-electron chi connectivity index (χ2n) is 5.90. The summed E-state index contributed by atoms with van der Waals surface area (Å²) in [6, 6.07) is 0. The fourth-order valence-corrected chi connectivity index (χ4v) is 3.85. The Hall–Kier alpha value is 0.200. The van der Waals surface area contributed by atoms with E-state index in [-0.39, 0.29) is 11.2 Å². The molecule has 1 N–H and O–H groups in total. The summed E-state index contributed by atoms with van der Waals surface area (Å²) < 4.78 is 26.5. The van der Waals surface area contributed by atoms with Crippen LogP contribution in [0.25, 0.3) is 0 Å². The number of halogens is 1. The van der Waals surface area contributed by atoms with E-state index >= 15 is 0 Å². The summed E-state index contributed by atoms with van der Waals surface area (Å²) in [6.07, 6.45) is 5.71. The molecule has 0 saturated heterocycles. The monoisotopic (exact) mass is 281 g/mol. The van der Waals surface area contributed by atoms with Crippen LogP contribution in [0, 0.1) is 11.3 Å². The van der Waals surface area contributed by atoms with Crippen LogP contribution in [0.3, 0.4) is 0 Å². The van der Waals surface area contributed by atoms with Crippen molar-refractivity contribution in [2.75, 3.05) is 18.2 Å². The third-order valence-corrected chi connectivity index (χ3v) is 5.53. The first kappa shape index (κ1) is 15.3. The van der Waals surface area contributed by atoms with E-state index in [1.807, 2.05) is 13.8 Å². The highest BCUT2D eigenvalue weighted by Gasteiger charge is 2.24. The zero-order chi connectivity index (χ0) is 12.9. The molecule has 0 aliphatic heterocycles. The molecule has 102 valence electrons. The molecule has 0 atom stereocenters. The molecule has 1 aliphatic carbocycles. The van der Waals surface area contributed by atoms with Crippen molar-refractivity contribution in [1.82, 2.24) is 4.72 Å². The average Bonchev–Trinajstić information content (AvgIpc) is 2.28. The van der Waals surface area contributed by atoms with E-state index < -0.39 is 10.0 Å². The summed E-state index contributed by atoms with van der Waals surface area (Å²) in [5.74, 6) is 1.09. The number of sulfonamides is 1. The quantitative estimate of drug-likeness (QED) is 0.761. The lowest BCUT2D eigenvalue weighted by Crippen LogP contribution is -2.38. The maximum Gasteiger partial charge on any atom is 0.211 e. The highest BCUT2D eigenvalue weighted by molar-refractivity contribution is 7.89. The summed E-state index contributed by atoms with van der Waals surface area (Å²) in [4.78, 5) is 0. The van der Waals surface area contributed by atoms with Crippen molar-refractivity contribution in [3.63, 3.8) is 0 Å². The Morgan fingerprint density at radius 3 is 2.35 bits per heavy atom. The van der Waals surface area contributed by atoms with Gasteiger partial charge in [-0.3, -0.25) is 0 Å². The lowest BCUT2D eigenvalue weighted by molar-refractivity contribution is 0.379. The first-order valence-electron chi connectivity index (χ1n) is 6.38. The fourth-order valence-electron chi connectivity index (χ4n) is 2.08. The molecule has 1 saturated carbocycles. The number of rotatable bonds is 6. The van der Waals surface area contributed by atoms with Gasteiger partial charge in [0.15, 0.2) is 0 Å². The minimum absolute atomic E-state index is 0.179. The molecule has 3 nitrogen and oxygen atoms in total. The third kappa shape index (κ3) is 6.07. The minimum atomic E-state index is -3.13. The highest BCUT2D eigenvalue weighted by atomic mass is 35.5. The van der Waals surface area contributed by atoms with E-state index in [9.17, 15) is 8.42 Å². The molecule has 1 rings (SSSR count). The molecule has 1 fully saturated rings. The summed E-state index contributed by atoms with van der Waals surface area (Å²) in [7, 11) is -3.13. The largest absolute Gasteiger partial charge is 0.215 e. The van der Waals surface area contributed by atoms with Gasteiger partial charge in [0.2, 0.25) is 10.0 Å². The summed E-state index contributed by atoms with van der Waals surface area (Å²) in [6.45, 7) is 4.35. The fraction of sp³-hybridized carbons (Fsp3) is 1.00. The Kier molecular flexibility index (Phi) is 5.74. The van der Waals surface area contributed by atoms with E-state index in [1.54, 1.807) is 0 Å². The van der Waals surface area contributed by atoms with Crippen LogP contribution in [0.4, 0.5) is 0 Å². The van der Waals surface area contributed by atoms with Crippen molar-refractivity contribution in [3.8, 4) is 0 Å². The van der Waals surface area contributed by atoms with E-state index in [0.717, 1.165) is 12.8 Å². The second-order valence-corrected chi connectivity index (χ2v) is 8.02. The van der Waals surface area contributed by atoms with Gasteiger partial charge >= 0.3 is 0 Å². The third-order valence-electron chi connectivity index (χ3n) is 3.31. The Bertz CT molecular complexity index is 321. The average molecular weight is 282 g/mol. The second kappa shape index (κ2) is 6.39. The van der Waals surface area contributed by atoms with Gasteiger partial charge in [0, 0.05) is 12.4 Å². The maximum atomic E-state index is 11.9. The lowest BCUT2D eigenvalue weighted by Gasteiger charge is -2.24. The Labute approximate surface area is 110 Å². The van der Waals surface area contributed by atoms with E-state index in [1.165, 1.54) is 19.3 Å². The van der Waals surface area contributed by atoms with Crippen molar-refractivity contribution in [1.29, 1.82) is 0 Å². The Morgan fingerprint density at radius 2 is 1.82 bits per heavy atom. The molecule has 0 bridgehead atoms. The van der Waals surface area contributed by atoms with Crippen molar-refractivity contribution in [2.45, 2.75) is 46.0 Å². The van der Waals surface area contributed by atoms with Crippen LogP contribution in [0.1, 0.15) is 46.0 Å². The van der Waals surface area contributed by atoms with Gasteiger partial charge in [-0.25, -0.2) is 13.1 Å². The molecule has 0 spiro atoms.